The van der Waals surface area contributed by atoms with Crippen LogP contribution in [0.3, 0.4) is 0 Å². The minimum Gasteiger partial charge on any atom is -0.456 e. The summed E-state index contributed by atoms with van der Waals surface area (Å²) in [7, 11) is 0. The van der Waals surface area contributed by atoms with E-state index in [1.54, 1.807) is 66.8 Å². The van der Waals surface area contributed by atoms with Crippen molar-refractivity contribution in [2.75, 3.05) is 26.4 Å². The van der Waals surface area contributed by atoms with Crippen LogP contribution >= 0.6 is 0 Å². The maximum Gasteiger partial charge on any atom is 0.339 e. The van der Waals surface area contributed by atoms with Crippen molar-refractivity contribution in [3.05, 3.63) is 124 Å². The predicted octanol–water partition coefficient (Wildman–Crippen LogP) is 0.689. The third kappa shape index (κ3) is 9.02. The van der Waals surface area contributed by atoms with Gasteiger partial charge < -0.3 is 59.9 Å². The summed E-state index contributed by atoms with van der Waals surface area (Å²) >= 11 is 0. The highest BCUT2D eigenvalue weighted by Gasteiger charge is 2.55. The minimum absolute atomic E-state index is 0.0413. The van der Waals surface area contributed by atoms with E-state index < -0.39 is 73.3 Å². The van der Waals surface area contributed by atoms with Crippen molar-refractivity contribution in [1.82, 2.24) is 10.6 Å². The van der Waals surface area contributed by atoms with Crippen LogP contribution in [-0.4, -0.2) is 124 Å². The van der Waals surface area contributed by atoms with E-state index in [1.165, 1.54) is 0 Å². The van der Waals surface area contributed by atoms with Gasteiger partial charge in [0, 0.05) is 43.5 Å². The number of nitrogens with one attached hydrogen (secondary N) is 2. The molecule has 1 spiro atoms. The Hall–Kier alpha value is -4.81. The molecular formula is C42H46N2O13. The Labute approximate surface area is 328 Å². The molecule has 7 rings (SSSR count). The van der Waals surface area contributed by atoms with Gasteiger partial charge in [-0.25, -0.2) is 4.79 Å². The van der Waals surface area contributed by atoms with Crippen LogP contribution < -0.4 is 10.6 Å². The molecule has 2 saturated heterocycles. The van der Waals surface area contributed by atoms with Crippen LogP contribution in [0, 0.1) is 0 Å². The molecule has 2 fully saturated rings. The molecule has 2 heterocycles. The molecule has 2 aliphatic carbocycles. The Bertz CT molecular complexity index is 1970. The summed E-state index contributed by atoms with van der Waals surface area (Å²) in [6, 6.07) is 21.5. The molecule has 0 aromatic heterocycles. The number of hydrogen-bond acceptors (Lipinski definition) is 13. The fourth-order valence-electron chi connectivity index (χ4n) is 7.61. The number of hydrogen-bond donors (Lipinski definition) is 7. The number of amides is 2. The molecule has 8 unspecified atom stereocenters. The molecular weight excluding hydrogens is 740 g/mol. The second-order valence-electron chi connectivity index (χ2n) is 14.4. The summed E-state index contributed by atoms with van der Waals surface area (Å²) in [6.07, 6.45) is -3.43. The van der Waals surface area contributed by atoms with Crippen LogP contribution in [0.1, 0.15) is 49.4 Å². The van der Waals surface area contributed by atoms with Gasteiger partial charge >= 0.3 is 5.97 Å². The van der Waals surface area contributed by atoms with Crippen molar-refractivity contribution < 1.29 is 63.6 Å². The number of carbonyl (C=O) groups excluding carboxylic acids is 3. The Balaban J connectivity index is 1.05. The first kappa shape index (κ1) is 40.4. The summed E-state index contributed by atoms with van der Waals surface area (Å²) < 4.78 is 30.3. The Kier molecular flexibility index (Phi) is 12.6. The predicted molar refractivity (Wildman–Crippen MR) is 201 cm³/mol. The lowest BCUT2D eigenvalue weighted by molar-refractivity contribution is -0.298. The van der Waals surface area contributed by atoms with Crippen molar-refractivity contribution >= 4 is 23.9 Å². The van der Waals surface area contributed by atoms with E-state index in [4.69, 9.17) is 28.8 Å². The fourth-order valence-corrected chi connectivity index (χ4v) is 7.61. The molecule has 15 nitrogen and oxygen atoms in total. The molecule has 2 aliphatic heterocycles. The molecule has 8 atom stereocenters. The first-order valence-corrected chi connectivity index (χ1v) is 18.9. The molecule has 7 N–H and O–H groups in total. The third-order valence-electron chi connectivity index (χ3n) is 10.5. The van der Waals surface area contributed by atoms with Crippen molar-refractivity contribution in [3.8, 4) is 0 Å². The molecule has 2 amide bonds. The van der Waals surface area contributed by atoms with Gasteiger partial charge in [0.05, 0.1) is 25.4 Å². The van der Waals surface area contributed by atoms with E-state index in [0.29, 0.717) is 35.1 Å². The molecule has 57 heavy (non-hydrogen) atoms. The number of fused-ring (bicyclic) bond motifs is 2. The van der Waals surface area contributed by atoms with Gasteiger partial charge in [0.25, 0.3) is 5.91 Å². The maximum absolute atomic E-state index is 13.9. The largest absolute Gasteiger partial charge is 0.456 e. The first-order valence-electron chi connectivity index (χ1n) is 18.9. The lowest BCUT2D eigenvalue weighted by atomic mass is 9.91. The van der Waals surface area contributed by atoms with E-state index in [-0.39, 0.29) is 44.2 Å². The van der Waals surface area contributed by atoms with Gasteiger partial charge in [-0.05, 0) is 46.5 Å². The van der Waals surface area contributed by atoms with E-state index in [0.717, 1.165) is 11.1 Å². The van der Waals surface area contributed by atoms with Crippen LogP contribution in [0.4, 0.5) is 0 Å². The molecule has 302 valence electrons. The fraction of sp³-hybridized carbons (Fsp3) is 0.405. The average molecular weight is 787 g/mol. The van der Waals surface area contributed by atoms with Gasteiger partial charge in [0.2, 0.25) is 5.91 Å². The van der Waals surface area contributed by atoms with E-state index in [1.807, 2.05) is 24.3 Å². The number of aliphatic hydroxyl groups is 5. The number of ether oxygens (including phenoxy) is 5. The van der Waals surface area contributed by atoms with E-state index in [2.05, 4.69) is 10.6 Å². The molecule has 0 saturated carbocycles. The van der Waals surface area contributed by atoms with Crippen molar-refractivity contribution in [2.45, 2.75) is 80.6 Å². The zero-order valence-electron chi connectivity index (χ0n) is 30.9. The SMILES string of the molecule is O=C(NCc1cccc(C(=O)NCCO)c1)C1=CC2OC3(Cc4ccccc4C3)OC2C(OC(=O)c2ccccc2C=CCOC2OC(CO)C(O)C(O)C2O)C1. The van der Waals surface area contributed by atoms with Crippen molar-refractivity contribution in [1.29, 1.82) is 0 Å². The number of carbonyl (C=O) groups is 3. The zero-order chi connectivity index (χ0) is 40.1. The quantitative estimate of drug-likeness (QED) is 0.119. The van der Waals surface area contributed by atoms with Crippen LogP contribution in [0.2, 0.25) is 0 Å². The normalized spacial score (nSPS) is 27.4. The molecule has 15 heteroatoms. The van der Waals surface area contributed by atoms with E-state index in [9.17, 15) is 34.8 Å². The topological polar surface area (TPSA) is 223 Å². The van der Waals surface area contributed by atoms with Gasteiger partial charge in [-0.3, -0.25) is 9.59 Å². The van der Waals surface area contributed by atoms with Gasteiger partial charge in [0.1, 0.15) is 42.7 Å². The van der Waals surface area contributed by atoms with Crippen LogP contribution in [0.5, 0.6) is 0 Å². The average Bonchev–Trinajstić information content (AvgIpc) is 3.78. The Morgan fingerprint density at radius 3 is 2.37 bits per heavy atom. The standard InChI is InChI=1S/C42H46N2O13/c45-15-14-43-38(50)26-11-5-7-24(17-26)22-44-39(51)29-18-31(37-32(19-29)56-42(57-37)20-27-9-1-2-10-28(27)21-42)54-40(52)30-13-4-3-8-25(30)12-6-16-53-41-36(49)35(48)34(47)33(23-46)55-41/h1-13,17,19,31-37,41,45-49H,14-16,18,20-23H2,(H,43,50)(H,44,51). The second kappa shape index (κ2) is 17.8. The van der Waals surface area contributed by atoms with Gasteiger partial charge in [-0.15, -0.1) is 0 Å². The van der Waals surface area contributed by atoms with Crippen LogP contribution in [0.25, 0.3) is 6.08 Å². The smallest absolute Gasteiger partial charge is 0.339 e. The highest BCUT2D eigenvalue weighted by molar-refractivity contribution is 5.96. The molecule has 0 bridgehead atoms. The third-order valence-corrected chi connectivity index (χ3v) is 10.5. The monoisotopic (exact) mass is 786 g/mol. The van der Waals surface area contributed by atoms with Gasteiger partial charge in [0.15, 0.2) is 12.1 Å². The number of esters is 1. The molecule has 3 aromatic rings. The lowest BCUT2D eigenvalue weighted by Crippen LogP contribution is -2.59. The minimum atomic E-state index is -1.58. The second-order valence-corrected chi connectivity index (χ2v) is 14.4. The summed E-state index contributed by atoms with van der Waals surface area (Å²) in [5, 5.41) is 54.4. The zero-order valence-corrected chi connectivity index (χ0v) is 30.9. The van der Waals surface area contributed by atoms with Crippen molar-refractivity contribution in [3.63, 3.8) is 0 Å². The highest BCUT2D eigenvalue weighted by Crippen LogP contribution is 2.45. The number of aliphatic hydroxyl groups excluding tert-OH is 5. The number of benzene rings is 3. The maximum atomic E-state index is 13.9. The summed E-state index contributed by atoms with van der Waals surface area (Å²) in [6.45, 7) is -0.652. The Morgan fingerprint density at radius 2 is 1.61 bits per heavy atom. The van der Waals surface area contributed by atoms with Gasteiger partial charge in [-0.2, -0.15) is 0 Å². The summed E-state index contributed by atoms with van der Waals surface area (Å²) in [4.78, 5) is 40.1. The summed E-state index contributed by atoms with van der Waals surface area (Å²) in [5.41, 5.74) is 4.31. The highest BCUT2D eigenvalue weighted by atomic mass is 16.8. The molecule has 4 aliphatic rings. The first-order chi connectivity index (χ1) is 27.6. The molecule has 0 radical (unpaired) electrons. The van der Waals surface area contributed by atoms with E-state index >= 15 is 0 Å². The number of rotatable bonds is 13. The van der Waals surface area contributed by atoms with Crippen LogP contribution in [0.15, 0.2) is 90.5 Å². The molecule has 3 aromatic carbocycles. The summed E-state index contributed by atoms with van der Waals surface area (Å²) in [5.74, 6) is -2.40. The Morgan fingerprint density at radius 1 is 0.860 bits per heavy atom. The van der Waals surface area contributed by atoms with Crippen molar-refractivity contribution in [2.24, 2.45) is 0 Å². The van der Waals surface area contributed by atoms with Gasteiger partial charge in [-0.1, -0.05) is 66.7 Å². The van der Waals surface area contributed by atoms with Crippen LogP contribution in [-0.2, 0) is 47.9 Å². The lowest BCUT2D eigenvalue weighted by Gasteiger charge is -2.39.